The number of amides is 1. The molecule has 9 nitrogen and oxygen atoms in total. The van der Waals surface area contributed by atoms with Gasteiger partial charge in [0, 0.05) is 12.8 Å². The molecule has 1 fully saturated rings. The molecule has 0 heterocycles. The highest BCUT2D eigenvalue weighted by Crippen LogP contribution is 2.38. The van der Waals surface area contributed by atoms with E-state index in [0.29, 0.717) is 0 Å². The van der Waals surface area contributed by atoms with Crippen molar-refractivity contribution in [2.24, 2.45) is 5.92 Å². The zero-order chi connectivity index (χ0) is 14.8. The monoisotopic (exact) mass is 299 g/mol. The van der Waals surface area contributed by atoms with Crippen LogP contribution in [-0.4, -0.2) is 62.0 Å². The van der Waals surface area contributed by atoms with Crippen molar-refractivity contribution in [3.05, 3.63) is 0 Å². The second kappa shape index (κ2) is 6.27. The van der Waals surface area contributed by atoms with E-state index in [-0.39, 0.29) is 6.42 Å². The molecular weight excluding hydrogens is 281 g/mol. The Morgan fingerprint density at radius 2 is 1.89 bits per heavy atom. The Balaban J connectivity index is 2.66. The molecule has 1 rings (SSSR count). The third-order valence-corrected chi connectivity index (χ3v) is 3.47. The minimum absolute atomic E-state index is 0.0663. The lowest BCUT2D eigenvalue weighted by Gasteiger charge is -2.40. The van der Waals surface area contributed by atoms with Crippen molar-refractivity contribution in [2.75, 3.05) is 6.61 Å². The smallest absolute Gasteiger partial charge is 0.391 e. The highest BCUT2D eigenvalue weighted by atomic mass is 31.2. The first-order chi connectivity index (χ1) is 8.61. The Labute approximate surface area is 109 Å². The summed E-state index contributed by atoms with van der Waals surface area (Å²) in [7, 11) is -4.68. The lowest BCUT2D eigenvalue weighted by molar-refractivity contribution is -0.133. The van der Waals surface area contributed by atoms with Crippen molar-refractivity contribution >= 4 is 13.7 Å². The standard InChI is InChI=1S/C9H18NO8P/c1-4(11)10-7-6(12)2-5(8(13)9(7)14)3-18-19(15,16)17/h5-9,12-14H,2-3H2,1H3,(H,10,11)(H2,15,16,17). The van der Waals surface area contributed by atoms with Gasteiger partial charge in [0.25, 0.3) is 0 Å². The largest absolute Gasteiger partial charge is 0.469 e. The molecule has 1 amide bonds. The molecule has 10 heteroatoms. The van der Waals surface area contributed by atoms with Gasteiger partial charge in [-0.1, -0.05) is 0 Å². The third kappa shape index (κ3) is 4.81. The summed E-state index contributed by atoms with van der Waals surface area (Å²) in [5.41, 5.74) is 0. The van der Waals surface area contributed by atoms with Crippen LogP contribution < -0.4 is 5.32 Å². The van der Waals surface area contributed by atoms with E-state index >= 15 is 0 Å². The maximum Gasteiger partial charge on any atom is 0.469 e. The van der Waals surface area contributed by atoms with Gasteiger partial charge in [-0.05, 0) is 6.42 Å². The summed E-state index contributed by atoms with van der Waals surface area (Å²) < 4.78 is 14.8. The van der Waals surface area contributed by atoms with Gasteiger partial charge in [-0.15, -0.1) is 0 Å². The minimum Gasteiger partial charge on any atom is -0.391 e. The first kappa shape index (κ1) is 16.5. The number of rotatable bonds is 4. The molecule has 0 radical (unpaired) electrons. The summed E-state index contributed by atoms with van der Waals surface area (Å²) in [6.07, 6.45) is -4.03. The summed E-state index contributed by atoms with van der Waals surface area (Å²) in [5, 5.41) is 31.7. The molecule has 0 bridgehead atoms. The molecule has 112 valence electrons. The fourth-order valence-electron chi connectivity index (χ4n) is 2.09. The van der Waals surface area contributed by atoms with Crippen LogP contribution in [0.25, 0.3) is 0 Å². The topological polar surface area (TPSA) is 157 Å². The third-order valence-electron chi connectivity index (χ3n) is 2.99. The van der Waals surface area contributed by atoms with Gasteiger partial charge in [-0.2, -0.15) is 0 Å². The van der Waals surface area contributed by atoms with E-state index in [1.54, 1.807) is 0 Å². The predicted molar refractivity (Wildman–Crippen MR) is 61.7 cm³/mol. The lowest BCUT2D eigenvalue weighted by atomic mass is 9.80. The van der Waals surface area contributed by atoms with Crippen LogP contribution in [0.1, 0.15) is 13.3 Å². The summed E-state index contributed by atoms with van der Waals surface area (Å²) in [6, 6.07) is -1.03. The maximum atomic E-state index is 10.9. The molecule has 19 heavy (non-hydrogen) atoms. The van der Waals surface area contributed by atoms with E-state index < -0.39 is 50.6 Å². The van der Waals surface area contributed by atoms with Crippen molar-refractivity contribution in [1.29, 1.82) is 0 Å². The Morgan fingerprint density at radius 3 is 2.37 bits per heavy atom. The number of hydrogen-bond acceptors (Lipinski definition) is 6. The van der Waals surface area contributed by atoms with Gasteiger partial charge in [0.15, 0.2) is 0 Å². The van der Waals surface area contributed by atoms with Gasteiger partial charge in [0.2, 0.25) is 5.91 Å². The van der Waals surface area contributed by atoms with E-state index in [9.17, 15) is 24.7 Å². The minimum atomic E-state index is -4.68. The zero-order valence-electron chi connectivity index (χ0n) is 10.2. The van der Waals surface area contributed by atoms with E-state index in [2.05, 4.69) is 9.84 Å². The molecule has 5 unspecified atom stereocenters. The highest BCUT2D eigenvalue weighted by molar-refractivity contribution is 7.46. The number of nitrogens with one attached hydrogen (secondary N) is 1. The highest BCUT2D eigenvalue weighted by Gasteiger charge is 2.43. The van der Waals surface area contributed by atoms with Gasteiger partial charge in [-0.3, -0.25) is 9.32 Å². The Morgan fingerprint density at radius 1 is 1.32 bits per heavy atom. The van der Waals surface area contributed by atoms with Crippen molar-refractivity contribution in [3.63, 3.8) is 0 Å². The maximum absolute atomic E-state index is 10.9. The Kier molecular flexibility index (Phi) is 5.45. The molecule has 6 N–H and O–H groups in total. The van der Waals surface area contributed by atoms with Crippen LogP contribution in [0, 0.1) is 5.92 Å². The quantitative estimate of drug-likeness (QED) is 0.316. The molecule has 0 aromatic heterocycles. The van der Waals surface area contributed by atoms with Gasteiger partial charge >= 0.3 is 7.82 Å². The molecular formula is C9H18NO8P. The number of carbonyl (C=O) groups excluding carboxylic acids is 1. The summed E-state index contributed by atoms with van der Waals surface area (Å²) >= 11 is 0. The molecule has 1 saturated carbocycles. The van der Waals surface area contributed by atoms with Crippen LogP contribution in [0.5, 0.6) is 0 Å². The molecule has 0 saturated heterocycles. The van der Waals surface area contributed by atoms with Crippen LogP contribution in [0.2, 0.25) is 0 Å². The van der Waals surface area contributed by atoms with Crippen LogP contribution in [-0.2, 0) is 13.9 Å². The molecule has 1 aliphatic carbocycles. The Bertz CT molecular complexity index is 371. The molecule has 0 aromatic rings. The van der Waals surface area contributed by atoms with Crippen LogP contribution in [0.4, 0.5) is 0 Å². The molecule has 1 aliphatic rings. The predicted octanol–water partition coefficient (Wildman–Crippen LogP) is -2.30. The van der Waals surface area contributed by atoms with Gasteiger partial charge in [-0.25, -0.2) is 4.57 Å². The SMILES string of the molecule is CC(=O)NC1C(O)CC(COP(=O)(O)O)C(O)C1O. The fourth-order valence-corrected chi connectivity index (χ4v) is 2.48. The number of phosphoric ester groups is 1. The number of aliphatic hydroxyl groups is 3. The summed E-state index contributed by atoms with van der Waals surface area (Å²) in [6.45, 7) is 0.696. The van der Waals surface area contributed by atoms with Crippen LogP contribution in [0.15, 0.2) is 0 Å². The molecule has 5 atom stereocenters. The average molecular weight is 299 g/mol. The van der Waals surface area contributed by atoms with E-state index in [1.165, 1.54) is 6.92 Å². The number of carbonyl (C=O) groups is 1. The van der Waals surface area contributed by atoms with Gasteiger partial charge in [0.05, 0.1) is 24.9 Å². The molecule has 0 aromatic carbocycles. The van der Waals surface area contributed by atoms with Gasteiger partial charge < -0.3 is 30.4 Å². The fraction of sp³-hybridized carbons (Fsp3) is 0.889. The first-order valence-electron chi connectivity index (χ1n) is 5.63. The number of hydrogen-bond donors (Lipinski definition) is 6. The van der Waals surface area contributed by atoms with E-state index in [1.807, 2.05) is 0 Å². The van der Waals surface area contributed by atoms with Crippen LogP contribution >= 0.6 is 7.82 Å². The van der Waals surface area contributed by atoms with Crippen molar-refractivity contribution in [2.45, 2.75) is 37.7 Å². The molecule has 0 aliphatic heterocycles. The number of aliphatic hydroxyl groups excluding tert-OH is 3. The second-order valence-electron chi connectivity index (χ2n) is 4.56. The molecule has 0 spiro atoms. The van der Waals surface area contributed by atoms with E-state index in [4.69, 9.17) is 9.79 Å². The van der Waals surface area contributed by atoms with Crippen molar-refractivity contribution < 1.29 is 39.0 Å². The van der Waals surface area contributed by atoms with Gasteiger partial charge in [0.1, 0.15) is 6.10 Å². The average Bonchev–Trinajstić information content (AvgIpc) is 2.26. The zero-order valence-corrected chi connectivity index (χ0v) is 11.1. The first-order valence-corrected chi connectivity index (χ1v) is 7.16. The summed E-state index contributed by atoms with van der Waals surface area (Å²) in [4.78, 5) is 28.0. The van der Waals surface area contributed by atoms with Crippen molar-refractivity contribution in [3.8, 4) is 0 Å². The number of phosphoric acid groups is 1. The van der Waals surface area contributed by atoms with Crippen molar-refractivity contribution in [1.82, 2.24) is 5.32 Å². The van der Waals surface area contributed by atoms with E-state index in [0.717, 1.165) is 0 Å². The Hall–Kier alpha value is -0.540. The lowest BCUT2D eigenvalue weighted by Crippen LogP contribution is -2.61. The second-order valence-corrected chi connectivity index (χ2v) is 5.80. The van der Waals surface area contributed by atoms with Crippen LogP contribution in [0.3, 0.4) is 0 Å². The summed E-state index contributed by atoms with van der Waals surface area (Å²) in [5.74, 6) is -1.32. The normalized spacial score (nSPS) is 36.0.